The van der Waals surface area contributed by atoms with Gasteiger partial charge in [0.1, 0.15) is 0 Å². The van der Waals surface area contributed by atoms with E-state index in [4.69, 9.17) is 9.15 Å². The Labute approximate surface area is 141 Å². The van der Waals surface area contributed by atoms with Crippen molar-refractivity contribution in [3.05, 3.63) is 36.5 Å². The van der Waals surface area contributed by atoms with Crippen molar-refractivity contribution in [2.24, 2.45) is 0 Å². The zero-order valence-electron chi connectivity index (χ0n) is 14.0. The maximum absolute atomic E-state index is 12.4. The van der Waals surface area contributed by atoms with Crippen LogP contribution < -0.4 is 9.64 Å². The van der Waals surface area contributed by atoms with E-state index in [9.17, 15) is 4.79 Å². The van der Waals surface area contributed by atoms with E-state index in [0.29, 0.717) is 24.8 Å². The van der Waals surface area contributed by atoms with Crippen LogP contribution in [-0.4, -0.2) is 53.6 Å². The molecule has 7 nitrogen and oxygen atoms in total. The number of amides is 1. The van der Waals surface area contributed by atoms with E-state index < -0.39 is 0 Å². The highest BCUT2D eigenvalue weighted by Crippen LogP contribution is 2.28. The molecule has 1 aliphatic rings. The molecule has 0 saturated carbocycles. The molecular formula is C17H22N4O3. The van der Waals surface area contributed by atoms with Gasteiger partial charge in [-0.2, -0.15) is 0 Å². The van der Waals surface area contributed by atoms with Crippen molar-refractivity contribution >= 4 is 11.7 Å². The number of ether oxygens (including phenoxy) is 1. The fourth-order valence-corrected chi connectivity index (χ4v) is 2.83. The number of rotatable bonds is 6. The minimum absolute atomic E-state index is 0.101. The molecule has 2 aromatic rings. The lowest BCUT2D eigenvalue weighted by atomic mass is 10.2. The molecule has 1 aliphatic heterocycles. The normalized spacial score (nSPS) is 17.1. The molecule has 3 rings (SSSR count). The van der Waals surface area contributed by atoms with Crippen molar-refractivity contribution in [1.82, 2.24) is 14.9 Å². The maximum atomic E-state index is 12.4. The average Bonchev–Trinajstić information content (AvgIpc) is 3.30. The lowest BCUT2D eigenvalue weighted by Crippen LogP contribution is -2.39. The van der Waals surface area contributed by atoms with Gasteiger partial charge in [-0.25, -0.2) is 9.97 Å². The highest BCUT2D eigenvalue weighted by atomic mass is 16.5. The topological polar surface area (TPSA) is 71.7 Å². The second-order valence-corrected chi connectivity index (χ2v) is 5.82. The average molecular weight is 330 g/mol. The summed E-state index contributed by atoms with van der Waals surface area (Å²) < 4.78 is 10.9. The van der Waals surface area contributed by atoms with Crippen molar-refractivity contribution in [2.45, 2.75) is 25.8 Å². The molecule has 0 spiro atoms. The van der Waals surface area contributed by atoms with E-state index in [1.807, 2.05) is 7.05 Å². The van der Waals surface area contributed by atoms with Crippen LogP contribution in [0.5, 0.6) is 5.88 Å². The number of likely N-dealkylation sites (N-methyl/N-ethyl adjacent to an activating group) is 1. The zero-order valence-corrected chi connectivity index (χ0v) is 14.0. The Hall–Kier alpha value is -2.57. The van der Waals surface area contributed by atoms with E-state index in [1.165, 1.54) is 6.26 Å². The summed E-state index contributed by atoms with van der Waals surface area (Å²) in [7, 11) is 1.81. The van der Waals surface area contributed by atoms with Gasteiger partial charge in [-0.05, 0) is 25.0 Å². The van der Waals surface area contributed by atoms with Gasteiger partial charge in [-0.3, -0.25) is 4.79 Å². The number of furan rings is 1. The molecule has 7 heteroatoms. The first-order chi connectivity index (χ1) is 11.7. The molecular weight excluding hydrogens is 308 g/mol. The predicted molar refractivity (Wildman–Crippen MR) is 89.2 cm³/mol. The summed E-state index contributed by atoms with van der Waals surface area (Å²) in [4.78, 5) is 25.0. The largest absolute Gasteiger partial charge is 0.475 e. The molecule has 128 valence electrons. The van der Waals surface area contributed by atoms with Crippen LogP contribution in [0, 0.1) is 0 Å². The Morgan fingerprint density at radius 1 is 1.46 bits per heavy atom. The van der Waals surface area contributed by atoms with Crippen LogP contribution in [0.2, 0.25) is 0 Å². The molecule has 24 heavy (non-hydrogen) atoms. The van der Waals surface area contributed by atoms with Gasteiger partial charge in [0.2, 0.25) is 0 Å². The Kier molecular flexibility index (Phi) is 4.98. The molecule has 0 aliphatic carbocycles. The lowest BCUT2D eigenvalue weighted by molar-refractivity contribution is 0.0713. The van der Waals surface area contributed by atoms with Crippen molar-refractivity contribution < 1.29 is 13.9 Å². The van der Waals surface area contributed by atoms with Gasteiger partial charge in [-0.1, -0.05) is 6.92 Å². The first-order valence-electron chi connectivity index (χ1n) is 8.20. The summed E-state index contributed by atoms with van der Waals surface area (Å²) in [6.07, 6.45) is 6.60. The SMILES string of the molecule is CCCOc1nccnc1N1CC[C@H](N(C)C(=O)c2ccco2)C1. The number of carbonyl (C=O) groups excluding carboxylic acids is 1. The third kappa shape index (κ3) is 3.34. The molecule has 0 radical (unpaired) electrons. The second-order valence-electron chi connectivity index (χ2n) is 5.82. The molecule has 0 unspecified atom stereocenters. The Bertz CT molecular complexity index is 674. The van der Waals surface area contributed by atoms with Gasteiger partial charge in [-0.15, -0.1) is 0 Å². The molecule has 3 heterocycles. The van der Waals surface area contributed by atoms with Crippen LogP contribution in [0.3, 0.4) is 0 Å². The van der Waals surface area contributed by atoms with E-state index in [-0.39, 0.29) is 11.9 Å². The number of carbonyl (C=O) groups is 1. The fourth-order valence-electron chi connectivity index (χ4n) is 2.83. The van der Waals surface area contributed by atoms with Crippen molar-refractivity contribution in [1.29, 1.82) is 0 Å². The molecule has 1 amide bonds. The first-order valence-corrected chi connectivity index (χ1v) is 8.20. The van der Waals surface area contributed by atoms with Gasteiger partial charge in [0, 0.05) is 32.5 Å². The summed E-state index contributed by atoms with van der Waals surface area (Å²) in [5, 5.41) is 0. The molecule has 1 saturated heterocycles. The van der Waals surface area contributed by atoms with Crippen LogP contribution in [-0.2, 0) is 0 Å². The number of hydrogen-bond donors (Lipinski definition) is 0. The smallest absolute Gasteiger partial charge is 0.289 e. The van der Waals surface area contributed by atoms with Crippen LogP contribution in [0.1, 0.15) is 30.3 Å². The van der Waals surface area contributed by atoms with Gasteiger partial charge in [0.25, 0.3) is 11.8 Å². The van der Waals surface area contributed by atoms with Gasteiger partial charge in [0.05, 0.1) is 18.9 Å². The number of anilines is 1. The van der Waals surface area contributed by atoms with E-state index >= 15 is 0 Å². The summed E-state index contributed by atoms with van der Waals surface area (Å²) in [6.45, 7) is 4.17. The summed E-state index contributed by atoms with van der Waals surface area (Å²) in [6, 6.07) is 3.51. The van der Waals surface area contributed by atoms with E-state index in [0.717, 1.165) is 25.2 Å². The summed E-state index contributed by atoms with van der Waals surface area (Å²) >= 11 is 0. The molecule has 0 bridgehead atoms. The van der Waals surface area contributed by atoms with Crippen molar-refractivity contribution in [3.8, 4) is 5.88 Å². The van der Waals surface area contributed by atoms with Crippen molar-refractivity contribution in [2.75, 3.05) is 31.6 Å². The molecule has 0 aromatic carbocycles. The van der Waals surface area contributed by atoms with Gasteiger partial charge in [0.15, 0.2) is 11.6 Å². The predicted octanol–water partition coefficient (Wildman–Crippen LogP) is 2.21. The highest BCUT2D eigenvalue weighted by molar-refractivity contribution is 5.91. The monoisotopic (exact) mass is 330 g/mol. The summed E-state index contributed by atoms with van der Waals surface area (Å²) in [5.41, 5.74) is 0. The van der Waals surface area contributed by atoms with E-state index in [2.05, 4.69) is 21.8 Å². The summed E-state index contributed by atoms with van der Waals surface area (Å²) in [5.74, 6) is 1.56. The molecule has 1 fully saturated rings. The van der Waals surface area contributed by atoms with Gasteiger partial charge < -0.3 is 19.0 Å². The van der Waals surface area contributed by atoms with E-state index in [1.54, 1.807) is 29.4 Å². The Morgan fingerprint density at radius 2 is 2.29 bits per heavy atom. The maximum Gasteiger partial charge on any atom is 0.289 e. The zero-order chi connectivity index (χ0) is 16.9. The van der Waals surface area contributed by atoms with Gasteiger partial charge >= 0.3 is 0 Å². The number of hydrogen-bond acceptors (Lipinski definition) is 6. The fraction of sp³-hybridized carbons (Fsp3) is 0.471. The third-order valence-corrected chi connectivity index (χ3v) is 4.15. The van der Waals surface area contributed by atoms with Crippen LogP contribution in [0.25, 0.3) is 0 Å². The Morgan fingerprint density at radius 3 is 3.04 bits per heavy atom. The number of nitrogens with zero attached hydrogens (tertiary/aromatic N) is 4. The van der Waals surface area contributed by atoms with Crippen LogP contribution in [0.15, 0.2) is 35.2 Å². The second kappa shape index (κ2) is 7.33. The Balaban J connectivity index is 1.68. The lowest BCUT2D eigenvalue weighted by Gasteiger charge is -2.24. The third-order valence-electron chi connectivity index (χ3n) is 4.15. The standard InChI is InChI=1S/C17H22N4O3/c1-3-10-24-16-15(18-7-8-19-16)21-9-6-13(12-21)20(2)17(22)14-5-4-11-23-14/h4-5,7-8,11,13H,3,6,9-10,12H2,1-2H3/t13-/m0/s1. The van der Waals surface area contributed by atoms with Crippen LogP contribution >= 0.6 is 0 Å². The first kappa shape index (κ1) is 16.3. The molecule has 2 aromatic heterocycles. The van der Waals surface area contributed by atoms with Crippen LogP contribution in [0.4, 0.5) is 5.82 Å². The molecule has 0 N–H and O–H groups in total. The van der Waals surface area contributed by atoms with Crippen molar-refractivity contribution in [3.63, 3.8) is 0 Å². The minimum Gasteiger partial charge on any atom is -0.475 e. The number of aromatic nitrogens is 2. The highest BCUT2D eigenvalue weighted by Gasteiger charge is 2.31. The molecule has 1 atom stereocenters. The minimum atomic E-state index is -0.103. The quantitative estimate of drug-likeness (QED) is 0.809.